The molecule has 2 rings (SSSR count). The molecule has 2 heterocycles. The number of hydrogen-bond acceptors (Lipinski definition) is 4. The van der Waals surface area contributed by atoms with Gasteiger partial charge in [-0.1, -0.05) is 0 Å². The highest BCUT2D eigenvalue weighted by Gasteiger charge is 2.11. The number of nitrogens with two attached hydrogens (primary N) is 1. The molecule has 0 aliphatic carbocycles. The molecule has 0 unspecified atom stereocenters. The standard InChI is InChI=1S/C9H13N3O.3ClH/c10-8-1-2-9(11-7-8)12-3-5-13-6-4-12;;;/h1-2,7H,3-6,10H2;3*1H. The largest absolute Gasteiger partial charge is 0.397 e. The average molecular weight is 289 g/mol. The molecule has 0 aromatic carbocycles. The summed E-state index contributed by atoms with van der Waals surface area (Å²) in [6.45, 7) is 3.39. The lowest BCUT2D eigenvalue weighted by atomic mass is 10.3. The first-order valence-electron chi connectivity index (χ1n) is 4.40. The molecule has 0 bridgehead atoms. The quantitative estimate of drug-likeness (QED) is 0.856. The van der Waals surface area contributed by atoms with E-state index in [1.54, 1.807) is 6.20 Å². The number of nitrogens with zero attached hydrogens (tertiary/aromatic N) is 2. The van der Waals surface area contributed by atoms with Gasteiger partial charge in [0.05, 0.1) is 25.1 Å². The van der Waals surface area contributed by atoms with Crippen LogP contribution in [0.4, 0.5) is 11.5 Å². The van der Waals surface area contributed by atoms with Crippen molar-refractivity contribution in [3.8, 4) is 0 Å². The van der Waals surface area contributed by atoms with Crippen LogP contribution in [-0.2, 0) is 4.74 Å². The molecule has 7 heteroatoms. The van der Waals surface area contributed by atoms with Crippen LogP contribution in [0, 0.1) is 0 Å². The van der Waals surface area contributed by atoms with Gasteiger partial charge in [0.25, 0.3) is 0 Å². The second kappa shape index (κ2) is 8.70. The van der Waals surface area contributed by atoms with Crippen molar-refractivity contribution in [1.82, 2.24) is 4.98 Å². The van der Waals surface area contributed by atoms with E-state index in [0.29, 0.717) is 5.69 Å². The highest BCUT2D eigenvalue weighted by Crippen LogP contribution is 2.13. The van der Waals surface area contributed by atoms with Gasteiger partial charge in [0.2, 0.25) is 0 Å². The minimum atomic E-state index is 0. The molecule has 1 saturated heterocycles. The van der Waals surface area contributed by atoms with Crippen molar-refractivity contribution in [3.63, 3.8) is 0 Å². The number of nitrogen functional groups attached to an aromatic ring is 1. The second-order valence-corrected chi connectivity index (χ2v) is 3.05. The predicted molar refractivity (Wildman–Crippen MR) is 73.4 cm³/mol. The molecule has 0 spiro atoms. The Morgan fingerprint density at radius 1 is 1.12 bits per heavy atom. The molecule has 0 amide bonds. The Morgan fingerprint density at radius 2 is 1.75 bits per heavy atom. The minimum absolute atomic E-state index is 0. The Bertz CT molecular complexity index is 278. The van der Waals surface area contributed by atoms with E-state index in [9.17, 15) is 0 Å². The maximum Gasteiger partial charge on any atom is 0.128 e. The van der Waals surface area contributed by atoms with Crippen molar-refractivity contribution in [2.75, 3.05) is 36.9 Å². The fourth-order valence-electron chi connectivity index (χ4n) is 1.38. The zero-order valence-corrected chi connectivity index (χ0v) is 11.1. The number of hydrogen-bond donors (Lipinski definition) is 1. The van der Waals surface area contributed by atoms with Crippen LogP contribution in [0.15, 0.2) is 18.3 Å². The van der Waals surface area contributed by atoms with Crippen LogP contribution >= 0.6 is 37.2 Å². The average Bonchev–Trinajstić information content (AvgIpc) is 2.20. The molecule has 4 nitrogen and oxygen atoms in total. The fraction of sp³-hybridized carbons (Fsp3) is 0.444. The molecular formula is C9H16Cl3N3O. The summed E-state index contributed by atoms with van der Waals surface area (Å²) >= 11 is 0. The van der Waals surface area contributed by atoms with Crippen molar-refractivity contribution in [3.05, 3.63) is 18.3 Å². The van der Waals surface area contributed by atoms with E-state index in [-0.39, 0.29) is 37.2 Å². The van der Waals surface area contributed by atoms with Gasteiger partial charge >= 0.3 is 0 Å². The Kier molecular flexibility index (Phi) is 9.77. The number of aromatic nitrogens is 1. The van der Waals surface area contributed by atoms with E-state index in [2.05, 4.69) is 9.88 Å². The molecule has 0 saturated carbocycles. The van der Waals surface area contributed by atoms with Crippen molar-refractivity contribution >= 4 is 48.7 Å². The maximum atomic E-state index is 5.55. The molecule has 0 radical (unpaired) electrons. The van der Waals surface area contributed by atoms with Crippen molar-refractivity contribution in [1.29, 1.82) is 0 Å². The molecule has 1 fully saturated rings. The number of morpholine rings is 1. The third-order valence-corrected chi connectivity index (χ3v) is 2.11. The first-order valence-corrected chi connectivity index (χ1v) is 4.40. The normalized spacial score (nSPS) is 14.1. The molecule has 1 aromatic rings. The summed E-state index contributed by atoms with van der Waals surface area (Å²) in [5, 5.41) is 0. The monoisotopic (exact) mass is 287 g/mol. The lowest BCUT2D eigenvalue weighted by Gasteiger charge is -2.27. The lowest BCUT2D eigenvalue weighted by Crippen LogP contribution is -2.36. The zero-order valence-electron chi connectivity index (χ0n) is 8.67. The van der Waals surface area contributed by atoms with E-state index in [0.717, 1.165) is 32.1 Å². The SMILES string of the molecule is Cl.Cl.Cl.Nc1ccc(N2CCOCC2)nc1. The van der Waals surface area contributed by atoms with Crippen LogP contribution in [0.2, 0.25) is 0 Å². The Labute approximate surface area is 114 Å². The molecular weight excluding hydrogens is 272 g/mol. The number of pyridine rings is 1. The smallest absolute Gasteiger partial charge is 0.128 e. The summed E-state index contributed by atoms with van der Waals surface area (Å²) in [7, 11) is 0. The van der Waals surface area contributed by atoms with E-state index in [4.69, 9.17) is 10.5 Å². The minimum Gasteiger partial charge on any atom is -0.397 e. The summed E-state index contributed by atoms with van der Waals surface area (Å²) < 4.78 is 5.25. The van der Waals surface area contributed by atoms with E-state index in [1.165, 1.54) is 0 Å². The van der Waals surface area contributed by atoms with Crippen LogP contribution in [0.5, 0.6) is 0 Å². The van der Waals surface area contributed by atoms with Crippen LogP contribution in [0.3, 0.4) is 0 Å². The van der Waals surface area contributed by atoms with Crippen LogP contribution in [0.1, 0.15) is 0 Å². The molecule has 16 heavy (non-hydrogen) atoms. The van der Waals surface area contributed by atoms with Gasteiger partial charge < -0.3 is 15.4 Å². The summed E-state index contributed by atoms with van der Waals surface area (Å²) in [6.07, 6.45) is 1.69. The van der Waals surface area contributed by atoms with E-state index in [1.807, 2.05) is 12.1 Å². The maximum absolute atomic E-state index is 5.55. The van der Waals surface area contributed by atoms with Crippen LogP contribution < -0.4 is 10.6 Å². The topological polar surface area (TPSA) is 51.4 Å². The third kappa shape index (κ3) is 4.61. The highest BCUT2D eigenvalue weighted by molar-refractivity contribution is 5.86. The zero-order chi connectivity index (χ0) is 9.10. The number of rotatable bonds is 1. The number of anilines is 2. The number of halogens is 3. The number of ether oxygens (including phenoxy) is 1. The fourth-order valence-corrected chi connectivity index (χ4v) is 1.38. The van der Waals surface area contributed by atoms with Gasteiger partial charge in [0, 0.05) is 13.1 Å². The van der Waals surface area contributed by atoms with Gasteiger partial charge in [-0.2, -0.15) is 0 Å². The van der Waals surface area contributed by atoms with Crippen molar-refractivity contribution in [2.45, 2.75) is 0 Å². The third-order valence-electron chi connectivity index (χ3n) is 2.11. The van der Waals surface area contributed by atoms with Gasteiger partial charge in [-0.3, -0.25) is 0 Å². The first-order chi connectivity index (χ1) is 6.36. The predicted octanol–water partition coefficient (Wildman–Crippen LogP) is 1.77. The summed E-state index contributed by atoms with van der Waals surface area (Å²) in [4.78, 5) is 6.44. The van der Waals surface area contributed by atoms with Crippen LogP contribution in [-0.4, -0.2) is 31.3 Å². The molecule has 1 aliphatic heterocycles. The molecule has 1 aliphatic rings. The van der Waals surface area contributed by atoms with Crippen molar-refractivity contribution in [2.24, 2.45) is 0 Å². The highest BCUT2D eigenvalue weighted by atomic mass is 35.5. The van der Waals surface area contributed by atoms with Gasteiger partial charge in [-0.15, -0.1) is 37.2 Å². The Hall–Kier alpha value is -0.420. The Morgan fingerprint density at radius 3 is 2.25 bits per heavy atom. The van der Waals surface area contributed by atoms with E-state index < -0.39 is 0 Å². The molecule has 2 N–H and O–H groups in total. The van der Waals surface area contributed by atoms with Gasteiger partial charge in [0.15, 0.2) is 0 Å². The summed E-state index contributed by atoms with van der Waals surface area (Å²) in [6, 6.07) is 3.82. The van der Waals surface area contributed by atoms with Crippen molar-refractivity contribution < 1.29 is 4.74 Å². The second-order valence-electron chi connectivity index (χ2n) is 3.05. The lowest BCUT2D eigenvalue weighted by molar-refractivity contribution is 0.122. The van der Waals surface area contributed by atoms with Crippen LogP contribution in [0.25, 0.3) is 0 Å². The Balaban J connectivity index is 0. The molecule has 1 aromatic heterocycles. The van der Waals surface area contributed by atoms with Gasteiger partial charge in [-0.05, 0) is 12.1 Å². The molecule has 0 atom stereocenters. The van der Waals surface area contributed by atoms with E-state index >= 15 is 0 Å². The molecule has 94 valence electrons. The van der Waals surface area contributed by atoms with Gasteiger partial charge in [-0.25, -0.2) is 4.98 Å². The summed E-state index contributed by atoms with van der Waals surface area (Å²) in [5.41, 5.74) is 6.26. The first kappa shape index (κ1) is 18.0. The summed E-state index contributed by atoms with van der Waals surface area (Å²) in [5.74, 6) is 0.984. The van der Waals surface area contributed by atoms with Gasteiger partial charge in [0.1, 0.15) is 5.82 Å².